The Kier molecular flexibility index (Phi) is 3.64. The summed E-state index contributed by atoms with van der Waals surface area (Å²) in [5.74, 6) is 0.897. The molecular formula is C13H19N3O. The predicted molar refractivity (Wildman–Crippen MR) is 70.3 cm³/mol. The highest BCUT2D eigenvalue weighted by Gasteiger charge is 2.05. The van der Waals surface area contributed by atoms with Gasteiger partial charge in [-0.05, 0) is 33.0 Å². The number of likely N-dealkylation sites (N-methyl/N-ethyl adjacent to an activating group) is 1. The van der Waals surface area contributed by atoms with Gasteiger partial charge in [0, 0.05) is 25.3 Å². The van der Waals surface area contributed by atoms with Crippen LogP contribution in [0.5, 0.6) is 0 Å². The second-order valence-corrected chi connectivity index (χ2v) is 4.49. The minimum Gasteiger partial charge on any atom is -0.464 e. The van der Waals surface area contributed by atoms with Crippen molar-refractivity contribution in [1.29, 1.82) is 0 Å². The van der Waals surface area contributed by atoms with Crippen molar-refractivity contribution in [2.24, 2.45) is 0 Å². The van der Waals surface area contributed by atoms with E-state index < -0.39 is 0 Å². The Morgan fingerprint density at radius 3 is 3.00 bits per heavy atom. The summed E-state index contributed by atoms with van der Waals surface area (Å²) in [6, 6.07) is 4.38. The molecular weight excluding hydrogens is 214 g/mol. The van der Waals surface area contributed by atoms with Gasteiger partial charge in [-0.25, -0.2) is 4.98 Å². The normalized spacial score (nSPS) is 11.6. The number of fused-ring (bicyclic) bond motifs is 1. The van der Waals surface area contributed by atoms with E-state index in [2.05, 4.69) is 36.1 Å². The van der Waals surface area contributed by atoms with Gasteiger partial charge in [0.25, 0.3) is 0 Å². The molecule has 0 radical (unpaired) electrons. The zero-order chi connectivity index (χ0) is 12.3. The van der Waals surface area contributed by atoms with Gasteiger partial charge in [0.1, 0.15) is 11.4 Å². The fourth-order valence-corrected chi connectivity index (χ4v) is 1.64. The molecule has 0 fully saturated rings. The highest BCUT2D eigenvalue weighted by molar-refractivity contribution is 5.87. The van der Waals surface area contributed by atoms with E-state index in [0.29, 0.717) is 6.04 Å². The summed E-state index contributed by atoms with van der Waals surface area (Å²) in [7, 11) is 2.12. The number of furan rings is 1. The van der Waals surface area contributed by atoms with E-state index in [-0.39, 0.29) is 0 Å². The first kappa shape index (κ1) is 11.9. The van der Waals surface area contributed by atoms with Crippen LogP contribution in [-0.4, -0.2) is 36.1 Å². The first-order valence-electron chi connectivity index (χ1n) is 5.95. The zero-order valence-electron chi connectivity index (χ0n) is 10.6. The van der Waals surface area contributed by atoms with Gasteiger partial charge in [0.2, 0.25) is 0 Å². The van der Waals surface area contributed by atoms with Crippen molar-refractivity contribution >= 4 is 16.8 Å². The molecule has 0 aliphatic heterocycles. The number of nitrogens with one attached hydrogen (secondary N) is 1. The molecule has 0 aliphatic rings. The van der Waals surface area contributed by atoms with Gasteiger partial charge < -0.3 is 14.6 Å². The van der Waals surface area contributed by atoms with Gasteiger partial charge in [-0.1, -0.05) is 0 Å². The molecule has 4 heteroatoms. The lowest BCUT2D eigenvalue weighted by molar-refractivity contribution is 0.284. The molecule has 0 spiro atoms. The summed E-state index contributed by atoms with van der Waals surface area (Å²) in [6.07, 6.45) is 3.46. The summed E-state index contributed by atoms with van der Waals surface area (Å²) in [6.45, 7) is 6.25. The Labute approximate surface area is 102 Å². The highest BCUT2D eigenvalue weighted by atomic mass is 16.3. The van der Waals surface area contributed by atoms with Crippen molar-refractivity contribution in [2.45, 2.75) is 19.9 Å². The molecule has 2 rings (SSSR count). The van der Waals surface area contributed by atoms with E-state index in [1.54, 1.807) is 12.5 Å². The van der Waals surface area contributed by atoms with Crippen molar-refractivity contribution < 1.29 is 4.42 Å². The maximum absolute atomic E-state index is 5.33. The van der Waals surface area contributed by atoms with Gasteiger partial charge in [-0.2, -0.15) is 0 Å². The van der Waals surface area contributed by atoms with E-state index in [1.807, 2.05) is 12.1 Å². The second kappa shape index (κ2) is 5.19. The number of hydrogen-bond donors (Lipinski definition) is 1. The van der Waals surface area contributed by atoms with Crippen LogP contribution in [0.4, 0.5) is 5.82 Å². The second-order valence-electron chi connectivity index (χ2n) is 4.49. The summed E-state index contributed by atoms with van der Waals surface area (Å²) in [5.41, 5.74) is 0.875. The average Bonchev–Trinajstić information content (AvgIpc) is 2.77. The minimum atomic E-state index is 0.564. The number of anilines is 1. The Bertz CT molecular complexity index is 478. The number of nitrogens with zero attached hydrogens (tertiary/aromatic N) is 2. The first-order valence-corrected chi connectivity index (χ1v) is 5.95. The summed E-state index contributed by atoms with van der Waals surface area (Å²) in [5, 5.41) is 4.39. The monoisotopic (exact) mass is 233 g/mol. The van der Waals surface area contributed by atoms with E-state index in [9.17, 15) is 0 Å². The lowest BCUT2D eigenvalue weighted by Gasteiger charge is -2.21. The smallest absolute Gasteiger partial charge is 0.139 e. The highest BCUT2D eigenvalue weighted by Crippen LogP contribution is 2.21. The van der Waals surface area contributed by atoms with Crippen molar-refractivity contribution in [2.75, 3.05) is 25.5 Å². The van der Waals surface area contributed by atoms with Crippen LogP contribution in [0.1, 0.15) is 13.8 Å². The molecule has 0 aliphatic carbocycles. The fourth-order valence-electron chi connectivity index (χ4n) is 1.64. The minimum absolute atomic E-state index is 0.564. The van der Waals surface area contributed by atoms with Crippen LogP contribution in [-0.2, 0) is 0 Å². The molecule has 0 atom stereocenters. The Morgan fingerprint density at radius 2 is 2.24 bits per heavy atom. The van der Waals surface area contributed by atoms with E-state index in [0.717, 1.165) is 29.9 Å². The molecule has 17 heavy (non-hydrogen) atoms. The maximum atomic E-state index is 5.33. The molecule has 92 valence electrons. The largest absolute Gasteiger partial charge is 0.464 e. The SMILES string of the molecule is CC(C)N(C)CCNc1nccc2occc12. The van der Waals surface area contributed by atoms with E-state index in [1.165, 1.54) is 0 Å². The molecule has 2 aromatic rings. The third-order valence-corrected chi connectivity index (χ3v) is 3.02. The predicted octanol–water partition coefficient (Wildman–Crippen LogP) is 2.58. The van der Waals surface area contributed by atoms with Gasteiger partial charge >= 0.3 is 0 Å². The molecule has 0 amide bonds. The average molecular weight is 233 g/mol. The zero-order valence-corrected chi connectivity index (χ0v) is 10.6. The Morgan fingerprint density at radius 1 is 1.41 bits per heavy atom. The molecule has 4 nitrogen and oxygen atoms in total. The number of hydrogen-bond acceptors (Lipinski definition) is 4. The molecule has 2 aromatic heterocycles. The van der Waals surface area contributed by atoms with Crippen molar-refractivity contribution in [3.05, 3.63) is 24.6 Å². The van der Waals surface area contributed by atoms with Crippen LogP contribution in [0.3, 0.4) is 0 Å². The Hall–Kier alpha value is -1.55. The van der Waals surface area contributed by atoms with Crippen LogP contribution in [0.25, 0.3) is 11.0 Å². The molecule has 0 saturated heterocycles. The van der Waals surface area contributed by atoms with Crippen LogP contribution in [0.2, 0.25) is 0 Å². The lowest BCUT2D eigenvalue weighted by Crippen LogP contribution is -2.31. The van der Waals surface area contributed by atoms with Crippen molar-refractivity contribution in [1.82, 2.24) is 9.88 Å². The third kappa shape index (κ3) is 2.77. The lowest BCUT2D eigenvalue weighted by atomic mass is 10.3. The molecule has 0 aromatic carbocycles. The number of aromatic nitrogens is 1. The van der Waals surface area contributed by atoms with E-state index >= 15 is 0 Å². The quantitative estimate of drug-likeness (QED) is 0.861. The summed E-state index contributed by atoms with van der Waals surface area (Å²) in [4.78, 5) is 6.63. The standard InChI is InChI=1S/C13H19N3O/c1-10(2)16(3)8-7-15-13-11-5-9-17-12(11)4-6-14-13/h4-6,9-10H,7-8H2,1-3H3,(H,14,15). The summed E-state index contributed by atoms with van der Waals surface area (Å²) >= 11 is 0. The molecule has 0 unspecified atom stereocenters. The van der Waals surface area contributed by atoms with Gasteiger partial charge in [-0.15, -0.1) is 0 Å². The summed E-state index contributed by atoms with van der Waals surface area (Å²) < 4.78 is 5.33. The van der Waals surface area contributed by atoms with Crippen LogP contribution >= 0.6 is 0 Å². The number of pyridine rings is 1. The molecule has 1 N–H and O–H groups in total. The molecule has 0 bridgehead atoms. The van der Waals surface area contributed by atoms with Crippen molar-refractivity contribution in [3.8, 4) is 0 Å². The Balaban J connectivity index is 1.97. The van der Waals surface area contributed by atoms with Gasteiger partial charge in [0.15, 0.2) is 0 Å². The van der Waals surface area contributed by atoms with Gasteiger partial charge in [-0.3, -0.25) is 0 Å². The van der Waals surface area contributed by atoms with E-state index in [4.69, 9.17) is 4.42 Å². The molecule has 0 saturated carbocycles. The van der Waals surface area contributed by atoms with Crippen LogP contribution < -0.4 is 5.32 Å². The molecule has 2 heterocycles. The van der Waals surface area contributed by atoms with Crippen LogP contribution in [0, 0.1) is 0 Å². The van der Waals surface area contributed by atoms with Gasteiger partial charge in [0.05, 0.1) is 11.6 Å². The van der Waals surface area contributed by atoms with Crippen LogP contribution in [0.15, 0.2) is 29.0 Å². The topological polar surface area (TPSA) is 41.3 Å². The van der Waals surface area contributed by atoms with Crippen molar-refractivity contribution in [3.63, 3.8) is 0 Å². The first-order chi connectivity index (χ1) is 8.18. The third-order valence-electron chi connectivity index (χ3n) is 3.02. The fraction of sp³-hybridized carbons (Fsp3) is 0.462. The maximum Gasteiger partial charge on any atom is 0.139 e. The number of rotatable bonds is 5.